The van der Waals surface area contributed by atoms with Crippen LogP contribution in [0.25, 0.3) is 0 Å². The summed E-state index contributed by atoms with van der Waals surface area (Å²) < 4.78 is 78.4. The Labute approximate surface area is 160 Å². The van der Waals surface area contributed by atoms with E-state index < -0.39 is 22.1 Å². The van der Waals surface area contributed by atoms with Crippen LogP contribution in [-0.2, 0) is 16.6 Å². The Morgan fingerprint density at radius 3 is 2.29 bits per heavy atom. The predicted octanol–water partition coefficient (Wildman–Crippen LogP) is 3.57. The highest BCUT2D eigenvalue weighted by atomic mass is 32.2. The molecule has 0 aliphatic carbocycles. The molecule has 0 saturated heterocycles. The van der Waals surface area contributed by atoms with Crippen LogP contribution in [0.1, 0.15) is 12.5 Å². The molecule has 10 heteroatoms. The number of halogens is 3. The number of hydrogen-bond acceptors (Lipinski definition) is 5. The molecule has 152 valence electrons. The van der Waals surface area contributed by atoms with Gasteiger partial charge in [0.2, 0.25) is 10.0 Å². The second-order valence-corrected chi connectivity index (χ2v) is 7.87. The summed E-state index contributed by atoms with van der Waals surface area (Å²) in [5.41, 5.74) is 0.701. The van der Waals surface area contributed by atoms with Crippen LogP contribution in [0.4, 0.5) is 13.2 Å². The predicted molar refractivity (Wildman–Crippen MR) is 93.8 cm³/mol. The summed E-state index contributed by atoms with van der Waals surface area (Å²) in [5, 5.41) is 0. The molecular formula is C18H18F3NO5S. The quantitative estimate of drug-likeness (QED) is 0.719. The Bertz CT molecular complexity index is 929. The Morgan fingerprint density at radius 2 is 1.68 bits per heavy atom. The van der Waals surface area contributed by atoms with Gasteiger partial charge in [0.1, 0.15) is 19.0 Å². The minimum Gasteiger partial charge on any atom is -0.486 e. The number of benzene rings is 2. The van der Waals surface area contributed by atoms with Gasteiger partial charge in [0.05, 0.1) is 4.90 Å². The first-order chi connectivity index (χ1) is 13.2. The van der Waals surface area contributed by atoms with Gasteiger partial charge in [0.25, 0.3) is 0 Å². The van der Waals surface area contributed by atoms with E-state index in [1.54, 1.807) is 25.1 Å². The summed E-state index contributed by atoms with van der Waals surface area (Å²) in [6.07, 6.45) is -4.84. The van der Waals surface area contributed by atoms with Crippen LogP contribution in [0.3, 0.4) is 0 Å². The Hall–Kier alpha value is -2.46. The summed E-state index contributed by atoms with van der Waals surface area (Å²) in [6.45, 7) is 2.80. The first-order valence-electron chi connectivity index (χ1n) is 8.43. The van der Waals surface area contributed by atoms with E-state index in [0.717, 1.165) is 24.3 Å². The molecule has 3 rings (SSSR count). The topological polar surface area (TPSA) is 65.1 Å². The van der Waals surface area contributed by atoms with Gasteiger partial charge in [-0.1, -0.05) is 13.0 Å². The molecule has 0 saturated carbocycles. The van der Waals surface area contributed by atoms with Gasteiger partial charge in [0, 0.05) is 13.1 Å². The SMILES string of the molecule is CCN(Cc1ccc2c(c1)OCCO2)S(=O)(=O)c1ccc(OC(F)(F)F)cc1. The molecule has 1 heterocycles. The van der Waals surface area contributed by atoms with Gasteiger partial charge in [-0.15, -0.1) is 13.2 Å². The zero-order chi connectivity index (χ0) is 20.4. The molecule has 0 aromatic heterocycles. The van der Waals surface area contributed by atoms with Gasteiger partial charge in [-0.05, 0) is 42.0 Å². The lowest BCUT2D eigenvalue weighted by Gasteiger charge is -2.23. The van der Waals surface area contributed by atoms with Gasteiger partial charge in [0.15, 0.2) is 11.5 Å². The van der Waals surface area contributed by atoms with Crippen molar-refractivity contribution in [2.24, 2.45) is 0 Å². The maximum absolute atomic E-state index is 12.9. The van der Waals surface area contributed by atoms with Gasteiger partial charge in [-0.25, -0.2) is 8.42 Å². The fourth-order valence-electron chi connectivity index (χ4n) is 2.72. The van der Waals surface area contributed by atoms with Crippen LogP contribution >= 0.6 is 0 Å². The van der Waals surface area contributed by atoms with Crippen LogP contribution in [0.2, 0.25) is 0 Å². The molecule has 0 bridgehead atoms. The number of ether oxygens (including phenoxy) is 3. The lowest BCUT2D eigenvalue weighted by atomic mass is 10.2. The van der Waals surface area contributed by atoms with Crippen molar-refractivity contribution >= 4 is 10.0 Å². The third kappa shape index (κ3) is 4.68. The highest BCUT2D eigenvalue weighted by molar-refractivity contribution is 7.89. The lowest BCUT2D eigenvalue weighted by Crippen LogP contribution is -2.30. The van der Waals surface area contributed by atoms with Crippen molar-refractivity contribution in [3.63, 3.8) is 0 Å². The highest BCUT2D eigenvalue weighted by Gasteiger charge is 2.31. The minimum atomic E-state index is -4.84. The summed E-state index contributed by atoms with van der Waals surface area (Å²) in [4.78, 5) is -0.124. The van der Waals surface area contributed by atoms with Gasteiger partial charge >= 0.3 is 6.36 Å². The van der Waals surface area contributed by atoms with Crippen molar-refractivity contribution in [1.82, 2.24) is 4.31 Å². The van der Waals surface area contributed by atoms with E-state index >= 15 is 0 Å². The summed E-state index contributed by atoms with van der Waals surface area (Å²) in [5.74, 6) is 0.661. The van der Waals surface area contributed by atoms with Crippen LogP contribution < -0.4 is 14.2 Å². The first kappa shape index (κ1) is 20.3. The minimum absolute atomic E-state index is 0.0796. The van der Waals surface area contributed by atoms with Crippen molar-refractivity contribution in [2.75, 3.05) is 19.8 Å². The van der Waals surface area contributed by atoms with Gasteiger partial charge in [-0.3, -0.25) is 0 Å². The van der Waals surface area contributed by atoms with Crippen molar-refractivity contribution in [1.29, 1.82) is 0 Å². The van der Waals surface area contributed by atoms with E-state index in [0.29, 0.717) is 30.3 Å². The maximum atomic E-state index is 12.9. The Morgan fingerprint density at radius 1 is 1.04 bits per heavy atom. The average Bonchev–Trinajstić information content (AvgIpc) is 2.65. The molecule has 0 unspecified atom stereocenters. The number of alkyl halides is 3. The smallest absolute Gasteiger partial charge is 0.486 e. The van der Waals surface area contributed by atoms with Crippen molar-refractivity contribution in [2.45, 2.75) is 24.7 Å². The molecule has 28 heavy (non-hydrogen) atoms. The Balaban J connectivity index is 1.79. The molecular weight excluding hydrogens is 399 g/mol. The first-order valence-corrected chi connectivity index (χ1v) is 9.87. The molecule has 0 spiro atoms. The van der Waals surface area contributed by atoms with Crippen LogP contribution in [-0.4, -0.2) is 38.8 Å². The molecule has 0 atom stereocenters. The fourth-order valence-corrected chi connectivity index (χ4v) is 4.16. The molecule has 2 aromatic rings. The number of sulfonamides is 1. The molecule has 2 aromatic carbocycles. The van der Waals surface area contributed by atoms with Crippen LogP contribution in [0, 0.1) is 0 Å². The summed E-state index contributed by atoms with van der Waals surface area (Å²) >= 11 is 0. The molecule has 0 radical (unpaired) electrons. The standard InChI is InChI=1S/C18H18F3NO5S/c1-2-22(12-13-3-8-16-17(11-13)26-10-9-25-16)28(23,24)15-6-4-14(5-7-15)27-18(19,20)21/h3-8,11H,2,9-10,12H2,1H3. The van der Waals surface area contributed by atoms with E-state index in [9.17, 15) is 21.6 Å². The number of hydrogen-bond donors (Lipinski definition) is 0. The average molecular weight is 417 g/mol. The number of rotatable bonds is 6. The van der Waals surface area contributed by atoms with Crippen molar-refractivity contribution in [3.8, 4) is 17.2 Å². The lowest BCUT2D eigenvalue weighted by molar-refractivity contribution is -0.274. The summed E-state index contributed by atoms with van der Waals surface area (Å²) in [6, 6.07) is 9.29. The maximum Gasteiger partial charge on any atom is 0.573 e. The van der Waals surface area contributed by atoms with Crippen LogP contribution in [0.5, 0.6) is 17.2 Å². The fraction of sp³-hybridized carbons (Fsp3) is 0.333. The van der Waals surface area contributed by atoms with E-state index in [-0.39, 0.29) is 18.0 Å². The van der Waals surface area contributed by atoms with Gasteiger partial charge < -0.3 is 14.2 Å². The van der Waals surface area contributed by atoms with Crippen LogP contribution in [0.15, 0.2) is 47.4 Å². The molecule has 0 fully saturated rings. The number of fused-ring (bicyclic) bond motifs is 1. The third-order valence-electron chi connectivity index (χ3n) is 4.01. The molecule has 0 amide bonds. The third-order valence-corrected chi connectivity index (χ3v) is 5.95. The zero-order valence-corrected chi connectivity index (χ0v) is 15.7. The second-order valence-electron chi connectivity index (χ2n) is 5.93. The molecule has 1 aliphatic rings. The van der Waals surface area contributed by atoms with Gasteiger partial charge in [-0.2, -0.15) is 4.31 Å². The normalized spacial score (nSPS) is 14.2. The van der Waals surface area contributed by atoms with E-state index in [2.05, 4.69) is 4.74 Å². The summed E-state index contributed by atoms with van der Waals surface area (Å²) in [7, 11) is -3.91. The van der Waals surface area contributed by atoms with E-state index in [4.69, 9.17) is 9.47 Å². The number of nitrogens with zero attached hydrogens (tertiary/aromatic N) is 1. The zero-order valence-electron chi connectivity index (χ0n) is 14.9. The molecule has 6 nitrogen and oxygen atoms in total. The molecule has 1 aliphatic heterocycles. The van der Waals surface area contributed by atoms with Crippen molar-refractivity contribution in [3.05, 3.63) is 48.0 Å². The second kappa shape index (κ2) is 7.88. The molecule has 0 N–H and O–H groups in total. The van der Waals surface area contributed by atoms with E-state index in [1.165, 1.54) is 4.31 Å². The monoisotopic (exact) mass is 417 g/mol. The largest absolute Gasteiger partial charge is 0.573 e. The highest BCUT2D eigenvalue weighted by Crippen LogP contribution is 2.32. The Kier molecular flexibility index (Phi) is 5.71. The van der Waals surface area contributed by atoms with E-state index in [1.807, 2.05) is 0 Å². The van der Waals surface area contributed by atoms with Crippen molar-refractivity contribution < 1.29 is 35.8 Å².